The van der Waals surface area contributed by atoms with Gasteiger partial charge in [0.15, 0.2) is 0 Å². The zero-order valence-corrected chi connectivity index (χ0v) is 15.0. The van der Waals surface area contributed by atoms with Crippen molar-refractivity contribution in [1.82, 2.24) is 14.3 Å². The molecule has 1 unspecified atom stereocenters. The van der Waals surface area contributed by atoms with Gasteiger partial charge >= 0.3 is 0 Å². The Balaban J connectivity index is 1.59. The van der Waals surface area contributed by atoms with Gasteiger partial charge in [0, 0.05) is 38.1 Å². The van der Waals surface area contributed by atoms with E-state index in [1.807, 2.05) is 6.92 Å². The number of anilines is 1. The Kier molecular flexibility index (Phi) is 5.36. The average Bonchev–Trinajstić information content (AvgIpc) is 2.56. The van der Waals surface area contributed by atoms with Crippen LogP contribution in [0.4, 0.5) is 5.95 Å². The molecular formula is C16H26N4O3S. The number of hydrogen-bond acceptors (Lipinski definition) is 6. The largest absolute Gasteiger partial charge is 0.375 e. The number of nitrogens with zero attached hydrogens (tertiary/aromatic N) is 3. The summed E-state index contributed by atoms with van der Waals surface area (Å²) in [4.78, 5) is 8.44. The first-order valence-corrected chi connectivity index (χ1v) is 10.3. The van der Waals surface area contributed by atoms with Crippen molar-refractivity contribution < 1.29 is 13.2 Å². The summed E-state index contributed by atoms with van der Waals surface area (Å²) < 4.78 is 32.2. The molecule has 2 fully saturated rings. The van der Waals surface area contributed by atoms with E-state index < -0.39 is 10.0 Å². The van der Waals surface area contributed by atoms with Gasteiger partial charge in [-0.3, -0.25) is 0 Å². The van der Waals surface area contributed by atoms with Crippen LogP contribution in [-0.2, 0) is 14.8 Å². The van der Waals surface area contributed by atoms with Gasteiger partial charge < -0.3 is 10.1 Å². The van der Waals surface area contributed by atoms with E-state index in [1.165, 1.54) is 0 Å². The van der Waals surface area contributed by atoms with E-state index in [0.29, 0.717) is 32.1 Å². The van der Waals surface area contributed by atoms with Crippen molar-refractivity contribution in [2.45, 2.75) is 50.7 Å². The molecule has 2 aliphatic heterocycles. The fourth-order valence-corrected chi connectivity index (χ4v) is 5.13. The van der Waals surface area contributed by atoms with E-state index in [-0.39, 0.29) is 17.4 Å². The molecule has 24 heavy (non-hydrogen) atoms. The van der Waals surface area contributed by atoms with E-state index in [1.54, 1.807) is 22.8 Å². The van der Waals surface area contributed by atoms with Crippen LogP contribution in [0.3, 0.4) is 0 Å². The zero-order chi connectivity index (χ0) is 17.0. The lowest BCUT2D eigenvalue weighted by Crippen LogP contribution is -2.53. The van der Waals surface area contributed by atoms with Crippen LogP contribution in [-0.4, -0.2) is 59.8 Å². The Bertz CT molecular complexity index is 630. The molecular weight excluding hydrogens is 328 g/mol. The second-order valence-electron chi connectivity index (χ2n) is 6.65. The number of piperidine rings is 1. The Morgan fingerprint density at radius 2 is 2.04 bits per heavy atom. The van der Waals surface area contributed by atoms with Crippen LogP contribution in [0.5, 0.6) is 0 Å². The average molecular weight is 354 g/mol. The standard InChI is InChI=1S/C16H26N4O3S/c1-2-12-24(21,22)20-9-5-16(6-10-20)13-14(4-11-23-16)19-15-17-7-3-8-18-15/h3,7-8,14H,2,4-6,9-13H2,1H3,(H,17,18,19). The molecule has 1 atom stereocenters. The van der Waals surface area contributed by atoms with Crippen LogP contribution < -0.4 is 5.32 Å². The van der Waals surface area contributed by atoms with Gasteiger partial charge in [0.1, 0.15) is 0 Å². The minimum Gasteiger partial charge on any atom is -0.375 e. The third-order valence-electron chi connectivity index (χ3n) is 4.88. The number of hydrogen-bond donors (Lipinski definition) is 1. The molecule has 1 aromatic heterocycles. The second-order valence-corrected chi connectivity index (χ2v) is 8.74. The van der Waals surface area contributed by atoms with Gasteiger partial charge in [-0.05, 0) is 38.2 Å². The highest BCUT2D eigenvalue weighted by Gasteiger charge is 2.42. The minimum absolute atomic E-state index is 0.219. The normalized spacial score (nSPS) is 24.8. The maximum Gasteiger partial charge on any atom is 0.222 e. The summed E-state index contributed by atoms with van der Waals surface area (Å²) in [5, 5.41) is 3.38. The van der Waals surface area contributed by atoms with Crippen molar-refractivity contribution in [2.24, 2.45) is 0 Å². The molecule has 134 valence electrons. The third kappa shape index (κ3) is 4.04. The lowest BCUT2D eigenvalue weighted by Gasteiger charge is -2.45. The lowest BCUT2D eigenvalue weighted by molar-refractivity contribution is -0.106. The SMILES string of the molecule is CCCS(=O)(=O)N1CCC2(CC1)CC(Nc1ncccn1)CCO2. The highest BCUT2D eigenvalue weighted by atomic mass is 32.2. The summed E-state index contributed by atoms with van der Waals surface area (Å²) in [6.07, 6.45) is 7.39. The van der Waals surface area contributed by atoms with Crippen LogP contribution in [0, 0.1) is 0 Å². The van der Waals surface area contributed by atoms with Crippen molar-refractivity contribution >= 4 is 16.0 Å². The molecule has 2 saturated heterocycles. The fourth-order valence-electron chi connectivity index (χ4n) is 3.61. The summed E-state index contributed by atoms with van der Waals surface area (Å²) in [7, 11) is -3.11. The van der Waals surface area contributed by atoms with Crippen molar-refractivity contribution in [3.05, 3.63) is 18.5 Å². The Morgan fingerprint density at radius 3 is 2.71 bits per heavy atom. The minimum atomic E-state index is -3.11. The third-order valence-corrected chi connectivity index (χ3v) is 6.96. The molecule has 3 heterocycles. The van der Waals surface area contributed by atoms with E-state index >= 15 is 0 Å². The van der Waals surface area contributed by atoms with E-state index in [9.17, 15) is 8.42 Å². The van der Waals surface area contributed by atoms with Crippen LogP contribution >= 0.6 is 0 Å². The molecule has 0 aliphatic carbocycles. The van der Waals surface area contributed by atoms with E-state index in [2.05, 4.69) is 15.3 Å². The first-order valence-electron chi connectivity index (χ1n) is 8.68. The van der Waals surface area contributed by atoms with Gasteiger partial charge in [-0.15, -0.1) is 0 Å². The highest BCUT2D eigenvalue weighted by Crippen LogP contribution is 2.36. The summed E-state index contributed by atoms with van der Waals surface area (Å²) in [5.41, 5.74) is -0.219. The van der Waals surface area contributed by atoms with Gasteiger partial charge in [0.2, 0.25) is 16.0 Å². The summed E-state index contributed by atoms with van der Waals surface area (Å²) >= 11 is 0. The zero-order valence-electron chi connectivity index (χ0n) is 14.1. The van der Waals surface area contributed by atoms with E-state index in [0.717, 1.165) is 25.7 Å². The Labute approximate surface area is 143 Å². The van der Waals surface area contributed by atoms with Gasteiger partial charge in [-0.2, -0.15) is 0 Å². The van der Waals surface area contributed by atoms with Crippen LogP contribution in [0.2, 0.25) is 0 Å². The van der Waals surface area contributed by atoms with Gasteiger partial charge in [-0.25, -0.2) is 22.7 Å². The number of sulfonamides is 1. The quantitative estimate of drug-likeness (QED) is 0.865. The molecule has 0 saturated carbocycles. The second kappa shape index (κ2) is 7.33. The maximum atomic E-state index is 12.2. The first kappa shape index (κ1) is 17.6. The molecule has 0 bridgehead atoms. The Hall–Kier alpha value is -1.25. The van der Waals surface area contributed by atoms with Crippen molar-refractivity contribution in [3.63, 3.8) is 0 Å². The number of rotatable bonds is 5. The van der Waals surface area contributed by atoms with Gasteiger partial charge in [-0.1, -0.05) is 6.92 Å². The maximum absolute atomic E-state index is 12.2. The molecule has 0 aromatic carbocycles. The van der Waals surface area contributed by atoms with Crippen molar-refractivity contribution in [3.8, 4) is 0 Å². The molecule has 8 heteroatoms. The smallest absolute Gasteiger partial charge is 0.222 e. The Morgan fingerprint density at radius 1 is 1.33 bits per heavy atom. The first-order chi connectivity index (χ1) is 11.5. The molecule has 1 spiro atoms. The molecule has 3 rings (SSSR count). The number of aromatic nitrogens is 2. The highest BCUT2D eigenvalue weighted by molar-refractivity contribution is 7.89. The van der Waals surface area contributed by atoms with E-state index in [4.69, 9.17) is 4.74 Å². The monoisotopic (exact) mass is 354 g/mol. The van der Waals surface area contributed by atoms with Crippen LogP contribution in [0.25, 0.3) is 0 Å². The van der Waals surface area contributed by atoms with Gasteiger partial charge in [0.25, 0.3) is 0 Å². The molecule has 1 aromatic rings. The number of nitrogens with one attached hydrogen (secondary N) is 1. The molecule has 0 amide bonds. The molecule has 1 N–H and O–H groups in total. The van der Waals surface area contributed by atoms with Crippen LogP contribution in [0.1, 0.15) is 39.0 Å². The fraction of sp³-hybridized carbons (Fsp3) is 0.750. The summed E-state index contributed by atoms with van der Waals surface area (Å²) in [6, 6.07) is 2.06. The predicted octanol–water partition coefficient (Wildman–Crippen LogP) is 1.64. The topological polar surface area (TPSA) is 84.4 Å². The van der Waals surface area contributed by atoms with Crippen molar-refractivity contribution in [1.29, 1.82) is 0 Å². The number of ether oxygens (including phenoxy) is 1. The summed E-state index contributed by atoms with van der Waals surface area (Å²) in [5.74, 6) is 0.874. The van der Waals surface area contributed by atoms with Crippen molar-refractivity contribution in [2.75, 3.05) is 30.8 Å². The van der Waals surface area contributed by atoms with Crippen LogP contribution in [0.15, 0.2) is 18.5 Å². The molecule has 7 nitrogen and oxygen atoms in total. The summed E-state index contributed by atoms with van der Waals surface area (Å²) in [6.45, 7) is 3.69. The van der Waals surface area contributed by atoms with Gasteiger partial charge in [0.05, 0.1) is 11.4 Å². The lowest BCUT2D eigenvalue weighted by atomic mass is 9.83. The molecule has 0 radical (unpaired) electrons. The predicted molar refractivity (Wildman–Crippen MR) is 92.2 cm³/mol. The molecule has 2 aliphatic rings.